The third-order valence-electron chi connectivity index (χ3n) is 2.17. The maximum Gasteiger partial charge on any atom is 0.310 e. The standard InChI is InChI=1S/C11H12F2INO3/c1-3-18-8(16)4-6-9(17-2)7(10(12)13)5-15-11(6)14/h5,10H,3-4H2,1-2H3. The van der Waals surface area contributed by atoms with Crippen LogP contribution in [-0.4, -0.2) is 24.7 Å². The van der Waals surface area contributed by atoms with Crippen LogP contribution in [0.5, 0.6) is 5.75 Å². The van der Waals surface area contributed by atoms with Crippen molar-refractivity contribution in [2.24, 2.45) is 0 Å². The van der Waals surface area contributed by atoms with Gasteiger partial charge in [0.25, 0.3) is 6.43 Å². The lowest BCUT2D eigenvalue weighted by Crippen LogP contribution is -2.12. The van der Waals surface area contributed by atoms with E-state index in [0.29, 0.717) is 9.26 Å². The molecule has 0 aliphatic rings. The molecule has 0 saturated heterocycles. The molecule has 18 heavy (non-hydrogen) atoms. The van der Waals surface area contributed by atoms with Crippen LogP contribution in [0, 0.1) is 3.70 Å². The van der Waals surface area contributed by atoms with Crippen molar-refractivity contribution in [1.29, 1.82) is 0 Å². The Bertz CT molecular complexity index is 441. The second-order valence-corrected chi connectivity index (χ2v) is 4.32. The van der Waals surface area contributed by atoms with Crippen molar-refractivity contribution < 1.29 is 23.0 Å². The molecule has 1 rings (SSSR count). The highest BCUT2D eigenvalue weighted by molar-refractivity contribution is 14.1. The Hall–Kier alpha value is -0.990. The summed E-state index contributed by atoms with van der Waals surface area (Å²) in [6, 6.07) is 0. The van der Waals surface area contributed by atoms with Gasteiger partial charge in [-0.05, 0) is 29.5 Å². The lowest BCUT2D eigenvalue weighted by Gasteiger charge is -2.13. The molecular weight excluding hydrogens is 359 g/mol. The van der Waals surface area contributed by atoms with Gasteiger partial charge < -0.3 is 9.47 Å². The summed E-state index contributed by atoms with van der Waals surface area (Å²) >= 11 is 1.87. The summed E-state index contributed by atoms with van der Waals surface area (Å²) in [6.07, 6.45) is -1.78. The van der Waals surface area contributed by atoms with Crippen LogP contribution in [0.1, 0.15) is 24.5 Å². The van der Waals surface area contributed by atoms with Gasteiger partial charge in [-0.3, -0.25) is 4.79 Å². The molecule has 1 aromatic heterocycles. The van der Waals surface area contributed by atoms with E-state index in [2.05, 4.69) is 4.98 Å². The highest BCUT2D eigenvalue weighted by Gasteiger charge is 2.22. The SMILES string of the molecule is CCOC(=O)Cc1c(I)ncc(C(F)F)c1OC. The van der Waals surface area contributed by atoms with E-state index in [-0.39, 0.29) is 24.3 Å². The molecule has 0 aliphatic heterocycles. The molecule has 0 fully saturated rings. The number of hydrogen-bond acceptors (Lipinski definition) is 4. The highest BCUT2D eigenvalue weighted by atomic mass is 127. The van der Waals surface area contributed by atoms with Crippen LogP contribution in [0.25, 0.3) is 0 Å². The monoisotopic (exact) mass is 371 g/mol. The summed E-state index contributed by atoms with van der Waals surface area (Å²) in [4.78, 5) is 15.3. The Kier molecular flexibility index (Phi) is 5.70. The summed E-state index contributed by atoms with van der Waals surface area (Å²) < 4.78 is 35.7. The van der Waals surface area contributed by atoms with E-state index < -0.39 is 12.4 Å². The summed E-state index contributed by atoms with van der Waals surface area (Å²) in [5.41, 5.74) is 0.00608. The molecule has 1 heterocycles. The van der Waals surface area contributed by atoms with Gasteiger partial charge in [0.2, 0.25) is 0 Å². The second-order valence-electron chi connectivity index (χ2n) is 3.30. The van der Waals surface area contributed by atoms with E-state index in [9.17, 15) is 13.6 Å². The molecule has 7 heteroatoms. The Morgan fingerprint density at radius 3 is 2.72 bits per heavy atom. The predicted molar refractivity (Wildman–Crippen MR) is 68.8 cm³/mol. The molecule has 0 unspecified atom stereocenters. The number of halogens is 3. The molecular formula is C11H12F2INO3. The van der Waals surface area contributed by atoms with Crippen molar-refractivity contribution in [3.63, 3.8) is 0 Å². The van der Waals surface area contributed by atoms with E-state index in [4.69, 9.17) is 9.47 Å². The molecule has 100 valence electrons. The Balaban J connectivity index is 3.15. The first-order chi connectivity index (χ1) is 8.51. The van der Waals surface area contributed by atoms with E-state index in [1.165, 1.54) is 7.11 Å². The number of methoxy groups -OCH3 is 1. The smallest absolute Gasteiger partial charge is 0.310 e. The maximum absolute atomic E-state index is 12.8. The molecule has 0 aromatic carbocycles. The van der Waals surface area contributed by atoms with Gasteiger partial charge in [-0.15, -0.1) is 0 Å². The number of carbonyl (C=O) groups excluding carboxylic acids is 1. The van der Waals surface area contributed by atoms with Crippen LogP contribution in [0.15, 0.2) is 6.20 Å². The molecule has 4 nitrogen and oxygen atoms in total. The van der Waals surface area contributed by atoms with Crippen molar-refractivity contribution in [1.82, 2.24) is 4.98 Å². The minimum absolute atomic E-state index is 0.00236. The van der Waals surface area contributed by atoms with Gasteiger partial charge >= 0.3 is 5.97 Å². The number of pyridine rings is 1. The van der Waals surface area contributed by atoms with Crippen molar-refractivity contribution in [2.45, 2.75) is 19.8 Å². The number of alkyl halides is 2. The van der Waals surface area contributed by atoms with Gasteiger partial charge in [-0.2, -0.15) is 0 Å². The number of rotatable bonds is 5. The van der Waals surface area contributed by atoms with Crippen LogP contribution >= 0.6 is 22.6 Å². The van der Waals surface area contributed by atoms with Crippen LogP contribution in [0.3, 0.4) is 0 Å². The molecule has 0 saturated carbocycles. The Labute approximate surface area is 117 Å². The third-order valence-corrected chi connectivity index (χ3v) is 3.10. The molecule has 0 bridgehead atoms. The van der Waals surface area contributed by atoms with Gasteiger partial charge in [0.15, 0.2) is 0 Å². The minimum Gasteiger partial charge on any atom is -0.496 e. The lowest BCUT2D eigenvalue weighted by molar-refractivity contribution is -0.142. The van der Waals surface area contributed by atoms with E-state index >= 15 is 0 Å². The summed E-state index contributed by atoms with van der Waals surface area (Å²) in [6.45, 7) is 1.91. The maximum atomic E-state index is 12.8. The van der Waals surface area contributed by atoms with Crippen molar-refractivity contribution >= 4 is 28.6 Å². The van der Waals surface area contributed by atoms with Crippen LogP contribution in [-0.2, 0) is 16.0 Å². The molecule has 0 radical (unpaired) electrons. The van der Waals surface area contributed by atoms with Crippen molar-refractivity contribution in [3.05, 3.63) is 21.0 Å². The van der Waals surface area contributed by atoms with E-state index in [1.54, 1.807) is 6.92 Å². The average Bonchev–Trinajstić information content (AvgIpc) is 2.31. The molecule has 0 spiro atoms. The quantitative estimate of drug-likeness (QED) is 0.454. The predicted octanol–water partition coefficient (Wildman–Crippen LogP) is 2.74. The number of hydrogen-bond donors (Lipinski definition) is 0. The second kappa shape index (κ2) is 6.81. The topological polar surface area (TPSA) is 48.4 Å². The van der Waals surface area contributed by atoms with Gasteiger partial charge in [0.1, 0.15) is 9.45 Å². The van der Waals surface area contributed by atoms with Crippen molar-refractivity contribution in [3.8, 4) is 5.75 Å². The van der Waals surface area contributed by atoms with E-state index in [0.717, 1.165) is 6.20 Å². The number of aromatic nitrogens is 1. The van der Waals surface area contributed by atoms with Gasteiger partial charge in [0.05, 0.1) is 25.7 Å². The van der Waals surface area contributed by atoms with Gasteiger partial charge in [-0.25, -0.2) is 13.8 Å². The third kappa shape index (κ3) is 3.50. The number of esters is 1. The fourth-order valence-corrected chi connectivity index (χ4v) is 2.01. The number of nitrogens with zero attached hydrogens (tertiary/aromatic N) is 1. The Morgan fingerprint density at radius 2 is 2.22 bits per heavy atom. The highest BCUT2D eigenvalue weighted by Crippen LogP contribution is 2.33. The lowest BCUT2D eigenvalue weighted by atomic mass is 10.1. The molecule has 0 atom stereocenters. The molecule has 0 aliphatic carbocycles. The van der Waals surface area contributed by atoms with Crippen LogP contribution in [0.2, 0.25) is 0 Å². The largest absolute Gasteiger partial charge is 0.496 e. The van der Waals surface area contributed by atoms with E-state index in [1.807, 2.05) is 22.6 Å². The normalized spacial score (nSPS) is 10.6. The zero-order valence-electron chi connectivity index (χ0n) is 9.87. The zero-order chi connectivity index (χ0) is 13.7. The van der Waals surface area contributed by atoms with Crippen LogP contribution < -0.4 is 4.74 Å². The fourth-order valence-electron chi connectivity index (χ4n) is 1.44. The minimum atomic E-state index is -2.70. The summed E-state index contributed by atoms with van der Waals surface area (Å²) in [5, 5.41) is 0. The number of carbonyl (C=O) groups is 1. The zero-order valence-corrected chi connectivity index (χ0v) is 12.0. The first kappa shape index (κ1) is 15.1. The summed E-state index contributed by atoms with van der Waals surface area (Å²) in [7, 11) is 1.28. The van der Waals surface area contributed by atoms with Gasteiger partial charge in [-0.1, -0.05) is 0 Å². The Morgan fingerprint density at radius 1 is 1.56 bits per heavy atom. The van der Waals surface area contributed by atoms with Crippen LogP contribution in [0.4, 0.5) is 8.78 Å². The van der Waals surface area contributed by atoms with Gasteiger partial charge in [0, 0.05) is 11.8 Å². The first-order valence-electron chi connectivity index (χ1n) is 5.16. The van der Waals surface area contributed by atoms with Crippen molar-refractivity contribution in [2.75, 3.05) is 13.7 Å². The molecule has 1 aromatic rings. The number of ether oxygens (including phenoxy) is 2. The first-order valence-corrected chi connectivity index (χ1v) is 6.24. The molecule has 0 amide bonds. The molecule has 0 N–H and O–H groups in total. The fraction of sp³-hybridized carbons (Fsp3) is 0.455. The summed E-state index contributed by atoms with van der Waals surface area (Å²) in [5.74, 6) is -0.501. The average molecular weight is 371 g/mol.